The summed E-state index contributed by atoms with van der Waals surface area (Å²) in [7, 11) is 0. The van der Waals surface area contributed by atoms with Crippen LogP contribution in [0, 0.1) is 0 Å². The standard InChI is InChI=1S/C6H12O3/c7-4-6-5-8-2-1-3-9-6/h6-7H,1-5H2. The molecule has 1 saturated heterocycles. The minimum absolute atomic E-state index is 0.0694. The number of aliphatic hydroxyl groups is 1. The van der Waals surface area contributed by atoms with Crippen molar-refractivity contribution in [1.82, 2.24) is 0 Å². The van der Waals surface area contributed by atoms with E-state index in [2.05, 4.69) is 0 Å². The average Bonchev–Trinajstić information content (AvgIpc) is 2.13. The Morgan fingerprint density at radius 1 is 1.44 bits per heavy atom. The number of aliphatic hydroxyl groups excluding tert-OH is 1. The van der Waals surface area contributed by atoms with Crippen molar-refractivity contribution in [3.05, 3.63) is 0 Å². The summed E-state index contributed by atoms with van der Waals surface area (Å²) in [5.41, 5.74) is 0. The third-order valence-corrected chi connectivity index (χ3v) is 1.29. The normalized spacial score (nSPS) is 29.7. The summed E-state index contributed by atoms with van der Waals surface area (Å²) in [4.78, 5) is 0. The molecule has 9 heavy (non-hydrogen) atoms. The molecule has 1 aliphatic heterocycles. The Kier molecular flexibility index (Phi) is 2.97. The van der Waals surface area contributed by atoms with Crippen molar-refractivity contribution >= 4 is 0 Å². The monoisotopic (exact) mass is 132 g/mol. The first-order chi connectivity index (χ1) is 4.43. The highest BCUT2D eigenvalue weighted by molar-refractivity contribution is 4.56. The van der Waals surface area contributed by atoms with E-state index in [1.807, 2.05) is 0 Å². The molecule has 3 nitrogen and oxygen atoms in total. The van der Waals surface area contributed by atoms with E-state index in [4.69, 9.17) is 14.6 Å². The minimum Gasteiger partial charge on any atom is -0.394 e. The highest BCUT2D eigenvalue weighted by atomic mass is 16.5. The first kappa shape index (κ1) is 6.99. The van der Waals surface area contributed by atoms with Crippen LogP contribution in [0.4, 0.5) is 0 Å². The van der Waals surface area contributed by atoms with E-state index in [0.717, 1.165) is 13.0 Å². The Hall–Kier alpha value is -0.120. The Morgan fingerprint density at radius 3 is 3.11 bits per heavy atom. The fourth-order valence-corrected chi connectivity index (χ4v) is 0.779. The van der Waals surface area contributed by atoms with Gasteiger partial charge in [0.05, 0.1) is 13.2 Å². The van der Waals surface area contributed by atoms with Crippen molar-refractivity contribution in [1.29, 1.82) is 0 Å². The van der Waals surface area contributed by atoms with Gasteiger partial charge in [-0.1, -0.05) is 0 Å². The molecule has 1 fully saturated rings. The van der Waals surface area contributed by atoms with E-state index in [0.29, 0.717) is 13.2 Å². The Balaban J connectivity index is 2.18. The zero-order chi connectivity index (χ0) is 6.53. The molecule has 0 saturated carbocycles. The summed E-state index contributed by atoms with van der Waals surface area (Å²) < 4.78 is 10.3. The Morgan fingerprint density at radius 2 is 2.33 bits per heavy atom. The average molecular weight is 132 g/mol. The van der Waals surface area contributed by atoms with E-state index < -0.39 is 0 Å². The van der Waals surface area contributed by atoms with Crippen molar-refractivity contribution in [3.63, 3.8) is 0 Å². The van der Waals surface area contributed by atoms with Gasteiger partial charge in [0.1, 0.15) is 6.10 Å². The number of hydrogen-bond donors (Lipinski definition) is 1. The second-order valence-electron chi connectivity index (χ2n) is 2.10. The van der Waals surface area contributed by atoms with Gasteiger partial charge in [0.2, 0.25) is 0 Å². The lowest BCUT2D eigenvalue weighted by Gasteiger charge is -2.09. The number of rotatable bonds is 1. The van der Waals surface area contributed by atoms with Crippen LogP contribution in [0.5, 0.6) is 0 Å². The van der Waals surface area contributed by atoms with Crippen molar-refractivity contribution in [2.75, 3.05) is 26.4 Å². The van der Waals surface area contributed by atoms with Crippen molar-refractivity contribution in [2.45, 2.75) is 12.5 Å². The van der Waals surface area contributed by atoms with Crippen LogP contribution in [0.3, 0.4) is 0 Å². The van der Waals surface area contributed by atoms with Gasteiger partial charge in [-0.15, -0.1) is 0 Å². The highest BCUT2D eigenvalue weighted by Gasteiger charge is 2.10. The maximum atomic E-state index is 8.61. The molecule has 1 atom stereocenters. The van der Waals surface area contributed by atoms with Gasteiger partial charge in [-0.05, 0) is 6.42 Å². The van der Waals surface area contributed by atoms with Crippen LogP contribution in [0.15, 0.2) is 0 Å². The zero-order valence-electron chi connectivity index (χ0n) is 5.38. The van der Waals surface area contributed by atoms with E-state index in [1.165, 1.54) is 0 Å². The molecule has 0 radical (unpaired) electrons. The van der Waals surface area contributed by atoms with Gasteiger partial charge in [-0.2, -0.15) is 0 Å². The molecule has 0 aliphatic carbocycles. The van der Waals surface area contributed by atoms with E-state index >= 15 is 0 Å². The molecule has 1 aliphatic rings. The van der Waals surface area contributed by atoms with Crippen molar-refractivity contribution < 1.29 is 14.6 Å². The van der Waals surface area contributed by atoms with Gasteiger partial charge in [0.15, 0.2) is 0 Å². The molecular weight excluding hydrogens is 120 g/mol. The molecule has 54 valence electrons. The molecule has 1 rings (SSSR count). The van der Waals surface area contributed by atoms with Gasteiger partial charge in [0, 0.05) is 13.2 Å². The predicted molar refractivity (Wildman–Crippen MR) is 32.3 cm³/mol. The Bertz CT molecular complexity index is 66.7. The topological polar surface area (TPSA) is 38.7 Å². The minimum atomic E-state index is -0.0903. The summed E-state index contributed by atoms with van der Waals surface area (Å²) >= 11 is 0. The Labute approximate surface area is 54.6 Å². The third kappa shape index (κ3) is 2.30. The molecule has 3 heteroatoms. The van der Waals surface area contributed by atoms with Crippen molar-refractivity contribution in [3.8, 4) is 0 Å². The van der Waals surface area contributed by atoms with Gasteiger partial charge in [0.25, 0.3) is 0 Å². The second kappa shape index (κ2) is 3.82. The largest absolute Gasteiger partial charge is 0.394 e. The summed E-state index contributed by atoms with van der Waals surface area (Å²) in [6, 6.07) is 0. The first-order valence-corrected chi connectivity index (χ1v) is 3.23. The number of ether oxygens (including phenoxy) is 2. The predicted octanol–water partition coefficient (Wildman–Crippen LogP) is -0.216. The van der Waals surface area contributed by atoms with Crippen LogP contribution in [0.2, 0.25) is 0 Å². The lowest BCUT2D eigenvalue weighted by atomic mass is 10.4. The van der Waals surface area contributed by atoms with Crippen LogP contribution >= 0.6 is 0 Å². The molecule has 0 aromatic rings. The summed E-state index contributed by atoms with van der Waals surface area (Å²) in [5, 5.41) is 8.61. The molecule has 0 aromatic carbocycles. The lowest BCUT2D eigenvalue weighted by molar-refractivity contribution is -0.00807. The highest BCUT2D eigenvalue weighted by Crippen LogP contribution is 1.99. The van der Waals surface area contributed by atoms with Gasteiger partial charge in [-0.25, -0.2) is 0 Å². The van der Waals surface area contributed by atoms with E-state index in [-0.39, 0.29) is 12.7 Å². The van der Waals surface area contributed by atoms with Gasteiger partial charge < -0.3 is 14.6 Å². The zero-order valence-corrected chi connectivity index (χ0v) is 5.38. The summed E-state index contributed by atoms with van der Waals surface area (Å²) in [5.74, 6) is 0. The molecule has 1 unspecified atom stereocenters. The lowest BCUT2D eigenvalue weighted by Crippen LogP contribution is -2.21. The van der Waals surface area contributed by atoms with Gasteiger partial charge >= 0.3 is 0 Å². The van der Waals surface area contributed by atoms with Crippen molar-refractivity contribution in [2.24, 2.45) is 0 Å². The van der Waals surface area contributed by atoms with Crippen LogP contribution in [0.25, 0.3) is 0 Å². The molecule has 0 aromatic heterocycles. The fourth-order valence-electron chi connectivity index (χ4n) is 0.779. The molecular formula is C6H12O3. The summed E-state index contributed by atoms with van der Waals surface area (Å²) in [6.45, 7) is 2.08. The molecule has 1 N–H and O–H groups in total. The quantitative estimate of drug-likeness (QED) is 0.536. The first-order valence-electron chi connectivity index (χ1n) is 3.23. The summed E-state index contributed by atoms with van der Waals surface area (Å²) in [6.07, 6.45) is 0.851. The molecule has 0 spiro atoms. The van der Waals surface area contributed by atoms with E-state index in [1.54, 1.807) is 0 Å². The van der Waals surface area contributed by atoms with Crippen LogP contribution in [0.1, 0.15) is 6.42 Å². The third-order valence-electron chi connectivity index (χ3n) is 1.29. The van der Waals surface area contributed by atoms with Crippen LogP contribution < -0.4 is 0 Å². The van der Waals surface area contributed by atoms with Crippen LogP contribution in [-0.2, 0) is 9.47 Å². The molecule has 0 bridgehead atoms. The number of hydrogen-bond acceptors (Lipinski definition) is 3. The smallest absolute Gasteiger partial charge is 0.104 e. The maximum Gasteiger partial charge on any atom is 0.104 e. The van der Waals surface area contributed by atoms with Crippen LogP contribution in [-0.4, -0.2) is 37.6 Å². The maximum absolute atomic E-state index is 8.61. The second-order valence-corrected chi connectivity index (χ2v) is 2.10. The SMILES string of the molecule is OCC1COCCCO1. The fraction of sp³-hybridized carbons (Fsp3) is 1.00. The molecule has 0 amide bonds. The van der Waals surface area contributed by atoms with E-state index in [9.17, 15) is 0 Å². The van der Waals surface area contributed by atoms with Gasteiger partial charge in [-0.3, -0.25) is 0 Å². The molecule has 1 heterocycles.